The molecule has 0 spiro atoms. The molecule has 1 amide bonds. The number of rotatable bonds is 3. The Kier molecular flexibility index (Phi) is 3.56. The second kappa shape index (κ2) is 5.60. The van der Waals surface area contributed by atoms with Crippen LogP contribution in [0.15, 0.2) is 18.2 Å². The highest BCUT2D eigenvalue weighted by molar-refractivity contribution is 5.81. The average Bonchev–Trinajstić information content (AvgIpc) is 3.03. The largest absolute Gasteiger partial charge is 0.352 e. The maximum atomic E-state index is 13.7. The number of carbonyl (C=O) groups is 1. The van der Waals surface area contributed by atoms with Gasteiger partial charge in [-0.1, -0.05) is 6.07 Å². The van der Waals surface area contributed by atoms with E-state index in [0.29, 0.717) is 24.0 Å². The molecule has 1 aromatic heterocycles. The third-order valence-corrected chi connectivity index (χ3v) is 5.18. The monoisotopic (exact) mass is 316 g/mol. The highest BCUT2D eigenvalue weighted by atomic mass is 19.1. The summed E-state index contributed by atoms with van der Waals surface area (Å²) in [5, 5.41) is 10.8. The first-order chi connectivity index (χ1) is 11.1. The lowest BCUT2D eigenvalue weighted by atomic mass is 9.91. The minimum Gasteiger partial charge on any atom is -0.352 e. The van der Waals surface area contributed by atoms with Crippen LogP contribution in [0.2, 0.25) is 0 Å². The molecule has 2 aliphatic heterocycles. The summed E-state index contributed by atoms with van der Waals surface area (Å²) in [5.41, 5.74) is 1.65. The van der Waals surface area contributed by atoms with Crippen molar-refractivity contribution in [3.8, 4) is 0 Å². The van der Waals surface area contributed by atoms with E-state index in [2.05, 4.69) is 15.7 Å². The summed E-state index contributed by atoms with van der Waals surface area (Å²) < 4.78 is 15.3. The minimum absolute atomic E-state index is 0.104. The number of nitrogens with one attached hydrogen (secondary N) is 2. The van der Waals surface area contributed by atoms with E-state index in [0.717, 1.165) is 23.9 Å². The molecular formula is C17H21FN4O. The molecule has 2 aliphatic rings. The lowest BCUT2D eigenvalue weighted by Gasteiger charge is -2.28. The Balaban J connectivity index is 1.42. The minimum atomic E-state index is -0.467. The molecule has 6 heteroatoms. The van der Waals surface area contributed by atoms with Gasteiger partial charge in [-0.2, -0.15) is 4.39 Å². The normalized spacial score (nSPS) is 26.6. The Bertz CT molecular complexity index is 744. The molecule has 2 N–H and O–H groups in total. The van der Waals surface area contributed by atoms with Gasteiger partial charge in [0.25, 0.3) is 0 Å². The topological polar surface area (TPSA) is 59.0 Å². The van der Waals surface area contributed by atoms with Crippen LogP contribution < -0.4 is 10.6 Å². The van der Waals surface area contributed by atoms with E-state index >= 15 is 0 Å². The Hall–Kier alpha value is -1.95. The van der Waals surface area contributed by atoms with Crippen molar-refractivity contribution >= 4 is 16.8 Å². The van der Waals surface area contributed by atoms with Gasteiger partial charge < -0.3 is 10.6 Å². The molecule has 5 nitrogen and oxygen atoms in total. The smallest absolute Gasteiger partial charge is 0.240 e. The summed E-state index contributed by atoms with van der Waals surface area (Å²) in [6.45, 7) is 0.433. The number of aryl methyl sites for hydroxylation is 1. The van der Waals surface area contributed by atoms with Gasteiger partial charge in [0.1, 0.15) is 0 Å². The fraction of sp³-hybridized carbons (Fsp3) is 0.529. The Morgan fingerprint density at radius 3 is 2.87 bits per heavy atom. The molecule has 2 fully saturated rings. The second-order valence-electron chi connectivity index (χ2n) is 6.79. The fourth-order valence-electron chi connectivity index (χ4n) is 3.98. The molecule has 4 rings (SSSR count). The molecular weight excluding hydrogens is 295 g/mol. The Labute approximate surface area is 134 Å². The van der Waals surface area contributed by atoms with E-state index in [-0.39, 0.29) is 11.8 Å². The van der Waals surface area contributed by atoms with Crippen LogP contribution in [0.1, 0.15) is 31.2 Å². The van der Waals surface area contributed by atoms with E-state index in [9.17, 15) is 9.18 Å². The second-order valence-corrected chi connectivity index (χ2v) is 6.79. The van der Waals surface area contributed by atoms with Crippen molar-refractivity contribution in [3.63, 3.8) is 0 Å². The van der Waals surface area contributed by atoms with Crippen LogP contribution in [0.3, 0.4) is 0 Å². The Morgan fingerprint density at radius 1 is 1.39 bits per heavy atom. The van der Waals surface area contributed by atoms with Gasteiger partial charge in [-0.05, 0) is 43.4 Å². The van der Waals surface area contributed by atoms with Crippen LogP contribution in [0, 0.1) is 11.9 Å². The molecule has 122 valence electrons. The predicted octanol–water partition coefficient (Wildman–Crippen LogP) is 1.86. The van der Waals surface area contributed by atoms with Crippen molar-refractivity contribution < 1.29 is 9.18 Å². The number of nitrogens with zero attached hydrogens (tertiary/aromatic N) is 2. The number of hydrogen-bond acceptors (Lipinski definition) is 3. The molecule has 23 heavy (non-hydrogen) atoms. The summed E-state index contributed by atoms with van der Waals surface area (Å²) in [5.74, 6) is -0.242. The summed E-state index contributed by atoms with van der Waals surface area (Å²) in [6.07, 6.45) is 4.23. The van der Waals surface area contributed by atoms with Gasteiger partial charge in [0.05, 0.1) is 10.9 Å². The zero-order valence-corrected chi connectivity index (χ0v) is 13.2. The van der Waals surface area contributed by atoms with Crippen LogP contribution in [0.25, 0.3) is 10.9 Å². The van der Waals surface area contributed by atoms with Gasteiger partial charge in [0.2, 0.25) is 11.9 Å². The van der Waals surface area contributed by atoms with Crippen molar-refractivity contribution in [2.24, 2.45) is 13.0 Å². The van der Waals surface area contributed by atoms with E-state index in [4.69, 9.17) is 0 Å². The zero-order valence-electron chi connectivity index (χ0n) is 13.2. The van der Waals surface area contributed by atoms with Crippen molar-refractivity contribution in [2.45, 2.75) is 44.3 Å². The molecule has 0 saturated carbocycles. The summed E-state index contributed by atoms with van der Waals surface area (Å²) >= 11 is 0. The SMILES string of the molecule is Cn1nc(F)c2cc(CNC(=O)C3CC4CCC(C3)N4)ccc21. The van der Waals surface area contributed by atoms with Gasteiger partial charge in [-0.25, -0.2) is 0 Å². The number of piperidine rings is 1. The number of amides is 1. The summed E-state index contributed by atoms with van der Waals surface area (Å²) in [6, 6.07) is 6.54. The highest BCUT2D eigenvalue weighted by Gasteiger charge is 2.36. The molecule has 2 saturated heterocycles. The molecule has 2 atom stereocenters. The van der Waals surface area contributed by atoms with Gasteiger partial charge >= 0.3 is 0 Å². The lowest BCUT2D eigenvalue weighted by molar-refractivity contribution is -0.126. The highest BCUT2D eigenvalue weighted by Crippen LogP contribution is 2.31. The third kappa shape index (κ3) is 2.72. The molecule has 0 aliphatic carbocycles. The first-order valence-corrected chi connectivity index (χ1v) is 8.25. The van der Waals surface area contributed by atoms with Crippen molar-refractivity contribution in [1.82, 2.24) is 20.4 Å². The van der Waals surface area contributed by atoms with Crippen LogP contribution in [0.4, 0.5) is 4.39 Å². The molecule has 2 bridgehead atoms. The maximum Gasteiger partial charge on any atom is 0.240 e. The zero-order chi connectivity index (χ0) is 16.0. The quantitative estimate of drug-likeness (QED) is 0.909. The summed E-state index contributed by atoms with van der Waals surface area (Å²) in [7, 11) is 1.72. The van der Waals surface area contributed by atoms with Crippen LogP contribution in [0.5, 0.6) is 0 Å². The number of fused-ring (bicyclic) bond motifs is 3. The van der Waals surface area contributed by atoms with Crippen molar-refractivity contribution in [1.29, 1.82) is 0 Å². The average molecular weight is 316 g/mol. The van der Waals surface area contributed by atoms with Gasteiger partial charge in [0.15, 0.2) is 0 Å². The molecule has 3 heterocycles. The van der Waals surface area contributed by atoms with E-state index in [1.165, 1.54) is 17.5 Å². The number of hydrogen-bond donors (Lipinski definition) is 2. The first-order valence-electron chi connectivity index (χ1n) is 8.25. The van der Waals surface area contributed by atoms with Gasteiger partial charge in [0, 0.05) is 31.6 Å². The van der Waals surface area contributed by atoms with Crippen molar-refractivity contribution in [2.75, 3.05) is 0 Å². The molecule has 1 aromatic carbocycles. The van der Waals surface area contributed by atoms with E-state index in [1.807, 2.05) is 12.1 Å². The first kappa shape index (κ1) is 14.6. The molecule has 2 unspecified atom stereocenters. The van der Waals surface area contributed by atoms with Gasteiger partial charge in [-0.3, -0.25) is 9.48 Å². The number of halogens is 1. The maximum absolute atomic E-state index is 13.7. The van der Waals surface area contributed by atoms with Crippen LogP contribution >= 0.6 is 0 Å². The molecule has 0 radical (unpaired) electrons. The number of benzene rings is 1. The fourth-order valence-corrected chi connectivity index (χ4v) is 3.98. The van der Waals surface area contributed by atoms with Gasteiger partial charge in [-0.15, -0.1) is 5.10 Å². The van der Waals surface area contributed by atoms with E-state index < -0.39 is 5.95 Å². The van der Waals surface area contributed by atoms with Crippen LogP contribution in [-0.4, -0.2) is 27.8 Å². The van der Waals surface area contributed by atoms with Crippen molar-refractivity contribution in [3.05, 3.63) is 29.7 Å². The number of aromatic nitrogens is 2. The van der Waals surface area contributed by atoms with E-state index in [1.54, 1.807) is 13.1 Å². The summed E-state index contributed by atoms with van der Waals surface area (Å²) in [4.78, 5) is 12.4. The molecule has 2 aromatic rings. The Morgan fingerprint density at radius 2 is 2.13 bits per heavy atom. The van der Waals surface area contributed by atoms with Crippen LogP contribution in [-0.2, 0) is 18.4 Å². The third-order valence-electron chi connectivity index (χ3n) is 5.18. The number of carbonyl (C=O) groups excluding carboxylic acids is 1. The lowest BCUT2D eigenvalue weighted by Crippen LogP contribution is -2.43. The standard InChI is InChI=1S/C17H21FN4O/c1-22-15-5-2-10(6-14(15)16(18)21-22)9-19-17(23)11-7-12-3-4-13(8-11)20-12/h2,5-6,11-13,20H,3-4,7-9H2,1H3,(H,19,23). The predicted molar refractivity (Wildman–Crippen MR) is 85.2 cm³/mol.